The van der Waals surface area contributed by atoms with E-state index in [1.165, 1.54) is 19.2 Å². The predicted molar refractivity (Wildman–Crippen MR) is 63.3 cm³/mol. The molecule has 96 valence electrons. The summed E-state index contributed by atoms with van der Waals surface area (Å²) in [4.78, 5) is 8.30. The van der Waals surface area contributed by atoms with Gasteiger partial charge >= 0.3 is 0 Å². The molecular formula is C11H16N6O. The molecule has 2 aromatic rings. The Bertz CT molecular complexity index is 493. The molecule has 2 unspecified atom stereocenters. The second-order valence-electron chi connectivity index (χ2n) is 4.76. The van der Waals surface area contributed by atoms with Crippen molar-refractivity contribution >= 4 is 0 Å². The zero-order valence-corrected chi connectivity index (χ0v) is 10.0. The summed E-state index contributed by atoms with van der Waals surface area (Å²) in [5, 5.41) is 10.4. The first kappa shape index (κ1) is 11.3. The first-order chi connectivity index (χ1) is 8.83. The van der Waals surface area contributed by atoms with Crippen LogP contribution in [0.15, 0.2) is 10.9 Å². The van der Waals surface area contributed by atoms with Crippen LogP contribution >= 0.6 is 0 Å². The van der Waals surface area contributed by atoms with Gasteiger partial charge in [0.1, 0.15) is 6.33 Å². The Morgan fingerprint density at radius 1 is 1.39 bits per heavy atom. The Kier molecular flexibility index (Phi) is 3.06. The highest BCUT2D eigenvalue weighted by Crippen LogP contribution is 2.26. The van der Waals surface area contributed by atoms with Crippen LogP contribution in [0.1, 0.15) is 31.6 Å². The normalized spacial score (nSPS) is 24.3. The van der Waals surface area contributed by atoms with Crippen LogP contribution < -0.4 is 5.73 Å². The molecule has 3 N–H and O–H groups in total. The summed E-state index contributed by atoms with van der Waals surface area (Å²) in [6, 6.07) is 0.249. The van der Waals surface area contributed by atoms with Crippen molar-refractivity contribution in [2.75, 3.05) is 0 Å². The number of nitrogens with one attached hydrogen (secondary N) is 1. The Morgan fingerprint density at radius 2 is 2.28 bits per heavy atom. The van der Waals surface area contributed by atoms with Crippen molar-refractivity contribution < 1.29 is 4.52 Å². The van der Waals surface area contributed by atoms with Crippen LogP contribution in [0.2, 0.25) is 0 Å². The van der Waals surface area contributed by atoms with Crippen molar-refractivity contribution in [2.24, 2.45) is 11.7 Å². The van der Waals surface area contributed by atoms with Gasteiger partial charge in [-0.05, 0) is 18.8 Å². The van der Waals surface area contributed by atoms with E-state index < -0.39 is 0 Å². The SMILES string of the molecule is NC1CCCCC1Cc1nc(-c2ncn[nH]2)no1. The Morgan fingerprint density at radius 3 is 3.06 bits per heavy atom. The van der Waals surface area contributed by atoms with E-state index in [0.717, 1.165) is 19.3 Å². The van der Waals surface area contributed by atoms with Crippen molar-refractivity contribution in [3.8, 4) is 11.6 Å². The van der Waals surface area contributed by atoms with E-state index in [-0.39, 0.29) is 6.04 Å². The van der Waals surface area contributed by atoms with Gasteiger partial charge in [-0.25, -0.2) is 4.98 Å². The molecule has 0 saturated heterocycles. The van der Waals surface area contributed by atoms with Crippen LogP contribution in [0.5, 0.6) is 0 Å². The summed E-state index contributed by atoms with van der Waals surface area (Å²) in [5.41, 5.74) is 6.11. The van der Waals surface area contributed by atoms with Gasteiger partial charge in [0, 0.05) is 12.5 Å². The molecule has 0 spiro atoms. The highest BCUT2D eigenvalue weighted by atomic mass is 16.5. The molecule has 1 saturated carbocycles. The van der Waals surface area contributed by atoms with Gasteiger partial charge in [0.2, 0.25) is 11.7 Å². The lowest BCUT2D eigenvalue weighted by atomic mass is 9.83. The van der Waals surface area contributed by atoms with Crippen LogP contribution in [0.25, 0.3) is 11.6 Å². The van der Waals surface area contributed by atoms with Crippen LogP contribution in [-0.4, -0.2) is 31.4 Å². The molecule has 18 heavy (non-hydrogen) atoms. The summed E-state index contributed by atoms with van der Waals surface area (Å²) in [5.74, 6) is 2.05. The highest BCUT2D eigenvalue weighted by molar-refractivity contribution is 5.39. The van der Waals surface area contributed by atoms with Crippen LogP contribution in [-0.2, 0) is 6.42 Å². The first-order valence-electron chi connectivity index (χ1n) is 6.27. The molecule has 3 rings (SSSR count). The van der Waals surface area contributed by atoms with Gasteiger partial charge in [-0.2, -0.15) is 10.1 Å². The maximum Gasteiger partial charge on any atom is 0.239 e. The zero-order chi connectivity index (χ0) is 12.4. The minimum atomic E-state index is 0.249. The lowest BCUT2D eigenvalue weighted by molar-refractivity contribution is 0.273. The van der Waals surface area contributed by atoms with E-state index in [1.54, 1.807) is 0 Å². The number of aromatic nitrogens is 5. The van der Waals surface area contributed by atoms with Gasteiger partial charge in [-0.15, -0.1) is 0 Å². The molecular weight excluding hydrogens is 232 g/mol. The third-order valence-corrected chi connectivity index (χ3v) is 3.50. The van der Waals surface area contributed by atoms with E-state index in [0.29, 0.717) is 23.5 Å². The van der Waals surface area contributed by atoms with Crippen molar-refractivity contribution in [3.63, 3.8) is 0 Å². The molecule has 2 atom stereocenters. The molecule has 1 aliphatic rings. The number of hydrogen-bond donors (Lipinski definition) is 2. The van der Waals surface area contributed by atoms with Crippen molar-refractivity contribution in [3.05, 3.63) is 12.2 Å². The average Bonchev–Trinajstić information content (AvgIpc) is 3.02. The van der Waals surface area contributed by atoms with E-state index in [2.05, 4.69) is 25.3 Å². The summed E-state index contributed by atoms with van der Waals surface area (Å²) in [6.45, 7) is 0. The Hall–Kier alpha value is -1.76. The topological polar surface area (TPSA) is 107 Å². The fourth-order valence-corrected chi connectivity index (χ4v) is 2.46. The number of H-pyrrole nitrogens is 1. The summed E-state index contributed by atoms with van der Waals surface area (Å²) >= 11 is 0. The van der Waals surface area contributed by atoms with Gasteiger partial charge in [-0.3, -0.25) is 5.10 Å². The third-order valence-electron chi connectivity index (χ3n) is 3.50. The monoisotopic (exact) mass is 248 g/mol. The number of hydrogen-bond acceptors (Lipinski definition) is 6. The molecule has 0 radical (unpaired) electrons. The van der Waals surface area contributed by atoms with Gasteiger partial charge in [0.15, 0.2) is 5.82 Å². The number of nitrogens with two attached hydrogens (primary N) is 1. The molecule has 2 heterocycles. The largest absolute Gasteiger partial charge is 0.339 e. The molecule has 7 nitrogen and oxygen atoms in total. The second kappa shape index (κ2) is 4.85. The minimum Gasteiger partial charge on any atom is -0.339 e. The van der Waals surface area contributed by atoms with Gasteiger partial charge in [0.25, 0.3) is 0 Å². The molecule has 0 aliphatic heterocycles. The second-order valence-corrected chi connectivity index (χ2v) is 4.76. The highest BCUT2D eigenvalue weighted by Gasteiger charge is 2.24. The van der Waals surface area contributed by atoms with Gasteiger partial charge in [-0.1, -0.05) is 18.0 Å². The number of rotatable bonds is 3. The zero-order valence-electron chi connectivity index (χ0n) is 10.0. The molecule has 1 fully saturated rings. The maximum absolute atomic E-state index is 6.11. The summed E-state index contributed by atoms with van der Waals surface area (Å²) in [7, 11) is 0. The Labute approximate surface area is 104 Å². The average molecular weight is 248 g/mol. The molecule has 1 aliphatic carbocycles. The number of aromatic amines is 1. The standard InChI is InChI=1S/C11H16N6O/c12-8-4-2-1-3-7(8)5-9-15-11(17-18-9)10-13-6-14-16-10/h6-8H,1-5,12H2,(H,13,14,16). The lowest BCUT2D eigenvalue weighted by Crippen LogP contribution is -2.34. The Balaban J connectivity index is 1.70. The smallest absolute Gasteiger partial charge is 0.239 e. The van der Waals surface area contributed by atoms with Gasteiger partial charge in [0.05, 0.1) is 0 Å². The fourth-order valence-electron chi connectivity index (χ4n) is 2.46. The quantitative estimate of drug-likeness (QED) is 0.836. The third kappa shape index (κ3) is 2.26. The minimum absolute atomic E-state index is 0.249. The van der Waals surface area contributed by atoms with Crippen LogP contribution in [0.3, 0.4) is 0 Å². The maximum atomic E-state index is 6.11. The molecule has 0 amide bonds. The van der Waals surface area contributed by atoms with Crippen LogP contribution in [0, 0.1) is 5.92 Å². The predicted octanol–water partition coefficient (Wildman–Crippen LogP) is 0.915. The van der Waals surface area contributed by atoms with Crippen LogP contribution in [0.4, 0.5) is 0 Å². The van der Waals surface area contributed by atoms with E-state index in [4.69, 9.17) is 10.3 Å². The summed E-state index contributed by atoms with van der Waals surface area (Å²) < 4.78 is 5.24. The molecule has 0 bridgehead atoms. The van der Waals surface area contributed by atoms with Gasteiger partial charge < -0.3 is 10.3 Å². The fraction of sp³-hybridized carbons (Fsp3) is 0.636. The lowest BCUT2D eigenvalue weighted by Gasteiger charge is -2.27. The summed E-state index contributed by atoms with van der Waals surface area (Å²) in [6.07, 6.45) is 6.87. The molecule has 2 aromatic heterocycles. The van der Waals surface area contributed by atoms with Crippen molar-refractivity contribution in [1.82, 2.24) is 25.3 Å². The molecule has 7 heteroatoms. The van der Waals surface area contributed by atoms with E-state index in [9.17, 15) is 0 Å². The first-order valence-corrected chi connectivity index (χ1v) is 6.27. The number of nitrogens with zero attached hydrogens (tertiary/aromatic N) is 4. The van der Waals surface area contributed by atoms with Crippen molar-refractivity contribution in [2.45, 2.75) is 38.1 Å². The van der Waals surface area contributed by atoms with E-state index in [1.807, 2.05) is 0 Å². The molecule has 0 aromatic carbocycles. The van der Waals surface area contributed by atoms with Crippen molar-refractivity contribution in [1.29, 1.82) is 0 Å². The van der Waals surface area contributed by atoms with E-state index >= 15 is 0 Å².